The van der Waals surface area contributed by atoms with Crippen LogP contribution < -0.4 is 4.90 Å². The molecule has 0 fully saturated rings. The Morgan fingerprint density at radius 1 is 0.429 bits per heavy atom. The Labute approximate surface area is 370 Å². The fourth-order valence-electron chi connectivity index (χ4n) is 12.1. The molecule has 0 saturated heterocycles. The zero-order valence-electron chi connectivity index (χ0n) is 35.6. The SMILES string of the molecule is CC1(C)c2ccccc2-c2ccc(N(c3ccccc3-c3cccc4c3C3=C(C=CCC3)C43c4ccccc4-c4ccccc43)c3ccc4ccccc4c3-c3ccccc3)cc21. The molecule has 0 radical (unpaired) electrons. The maximum absolute atomic E-state index is 2.57. The van der Waals surface area contributed by atoms with Gasteiger partial charge in [0.25, 0.3) is 0 Å². The fraction of sp³-hybridized carbons (Fsp3) is 0.0968. The second-order valence-electron chi connectivity index (χ2n) is 18.2. The highest BCUT2D eigenvalue weighted by molar-refractivity contribution is 6.08. The van der Waals surface area contributed by atoms with Crippen molar-refractivity contribution >= 4 is 33.4 Å². The number of benzene rings is 9. The quantitative estimate of drug-likeness (QED) is 0.168. The monoisotopic (exact) mass is 803 g/mol. The lowest BCUT2D eigenvalue weighted by Gasteiger charge is -2.33. The van der Waals surface area contributed by atoms with Crippen molar-refractivity contribution in [2.24, 2.45) is 0 Å². The normalized spacial score (nSPS) is 15.5. The molecule has 1 heteroatoms. The molecule has 0 bridgehead atoms. The van der Waals surface area contributed by atoms with Gasteiger partial charge in [-0.15, -0.1) is 0 Å². The van der Waals surface area contributed by atoms with Gasteiger partial charge < -0.3 is 4.90 Å². The number of fused-ring (bicyclic) bond motifs is 13. The Balaban J connectivity index is 1.10. The molecule has 9 aromatic rings. The van der Waals surface area contributed by atoms with Gasteiger partial charge in [0.1, 0.15) is 0 Å². The molecular formula is C62H45N. The first-order valence-electron chi connectivity index (χ1n) is 22.5. The van der Waals surface area contributed by atoms with Crippen molar-refractivity contribution in [1.29, 1.82) is 0 Å². The van der Waals surface area contributed by atoms with Gasteiger partial charge >= 0.3 is 0 Å². The van der Waals surface area contributed by atoms with Crippen LogP contribution in [0.2, 0.25) is 0 Å². The first-order chi connectivity index (χ1) is 31.0. The van der Waals surface area contributed by atoms with Crippen LogP contribution in [0, 0.1) is 0 Å². The molecule has 0 aromatic heterocycles. The molecule has 4 aliphatic rings. The lowest BCUT2D eigenvalue weighted by atomic mass is 9.69. The van der Waals surface area contributed by atoms with Crippen molar-refractivity contribution in [3.05, 3.63) is 251 Å². The Hall–Kier alpha value is -7.48. The van der Waals surface area contributed by atoms with Crippen LogP contribution in [0.25, 0.3) is 60.9 Å². The van der Waals surface area contributed by atoms with E-state index in [4.69, 9.17) is 0 Å². The summed E-state index contributed by atoms with van der Waals surface area (Å²) in [6.45, 7) is 4.77. The van der Waals surface area contributed by atoms with Crippen molar-refractivity contribution in [3.8, 4) is 44.5 Å². The Morgan fingerprint density at radius 3 is 1.81 bits per heavy atom. The van der Waals surface area contributed by atoms with Crippen molar-refractivity contribution in [2.75, 3.05) is 4.90 Å². The van der Waals surface area contributed by atoms with E-state index in [9.17, 15) is 0 Å². The van der Waals surface area contributed by atoms with Crippen LogP contribution in [-0.4, -0.2) is 0 Å². The predicted molar refractivity (Wildman–Crippen MR) is 264 cm³/mol. The maximum Gasteiger partial charge on any atom is 0.0722 e. The van der Waals surface area contributed by atoms with E-state index in [-0.39, 0.29) is 10.8 Å². The maximum atomic E-state index is 2.57. The van der Waals surface area contributed by atoms with Crippen LogP contribution in [0.1, 0.15) is 60.1 Å². The molecule has 0 N–H and O–H groups in total. The molecule has 0 unspecified atom stereocenters. The van der Waals surface area contributed by atoms with Gasteiger partial charge in [0.15, 0.2) is 0 Å². The van der Waals surface area contributed by atoms with Crippen LogP contribution in [0.15, 0.2) is 218 Å². The van der Waals surface area contributed by atoms with E-state index in [1.807, 2.05) is 0 Å². The molecule has 9 aromatic carbocycles. The number of para-hydroxylation sites is 1. The zero-order valence-corrected chi connectivity index (χ0v) is 35.6. The van der Waals surface area contributed by atoms with E-state index in [0.717, 1.165) is 29.9 Å². The molecule has 0 saturated carbocycles. The average molecular weight is 804 g/mol. The van der Waals surface area contributed by atoms with E-state index in [2.05, 4.69) is 231 Å². The number of hydrogen-bond donors (Lipinski definition) is 0. The fourth-order valence-corrected chi connectivity index (χ4v) is 12.1. The molecule has 4 aliphatic carbocycles. The van der Waals surface area contributed by atoms with Crippen LogP contribution in [0.3, 0.4) is 0 Å². The van der Waals surface area contributed by atoms with E-state index in [1.165, 1.54) is 99.8 Å². The Morgan fingerprint density at radius 2 is 1.03 bits per heavy atom. The van der Waals surface area contributed by atoms with Crippen molar-refractivity contribution in [3.63, 3.8) is 0 Å². The summed E-state index contributed by atoms with van der Waals surface area (Å²) < 4.78 is 0. The standard InChI is InChI=1S/C62H45N/c1-61(2)51-29-13-8-23-44(51)47-37-36-42(39-56(47)61)63(58-38-35-40-19-6-7-22-43(40)59(58)41-20-4-3-5-21-41)57-34-17-12-26-48(57)49-28-18-33-55-60(49)50-27-11-16-32-54(50)62(55)52-30-14-9-24-45(52)46-25-10-15-31-53(46)62/h3-10,12-26,28-39H,11,27H2,1-2H3. The lowest BCUT2D eigenvalue weighted by molar-refractivity contribution is 0.660. The Bertz CT molecular complexity index is 3390. The minimum Gasteiger partial charge on any atom is -0.309 e. The van der Waals surface area contributed by atoms with Crippen molar-refractivity contribution < 1.29 is 0 Å². The summed E-state index contributed by atoms with van der Waals surface area (Å²) in [7, 11) is 0. The summed E-state index contributed by atoms with van der Waals surface area (Å²) in [5.41, 5.74) is 24.4. The molecule has 0 aliphatic heterocycles. The minimum atomic E-state index is -0.376. The third-order valence-corrected chi connectivity index (χ3v) is 14.8. The first kappa shape index (κ1) is 36.2. The molecule has 63 heavy (non-hydrogen) atoms. The zero-order chi connectivity index (χ0) is 41.9. The van der Waals surface area contributed by atoms with E-state index in [0.29, 0.717) is 0 Å². The van der Waals surface area contributed by atoms with Crippen LogP contribution in [-0.2, 0) is 10.8 Å². The molecule has 298 valence electrons. The van der Waals surface area contributed by atoms with E-state index >= 15 is 0 Å². The Kier molecular flexibility index (Phi) is 7.76. The largest absolute Gasteiger partial charge is 0.309 e. The van der Waals surface area contributed by atoms with Gasteiger partial charge in [-0.2, -0.15) is 0 Å². The predicted octanol–water partition coefficient (Wildman–Crippen LogP) is 16.4. The number of hydrogen-bond acceptors (Lipinski definition) is 1. The van der Waals surface area contributed by atoms with Crippen molar-refractivity contribution in [2.45, 2.75) is 37.5 Å². The van der Waals surface area contributed by atoms with E-state index < -0.39 is 0 Å². The molecule has 1 spiro atoms. The van der Waals surface area contributed by atoms with Gasteiger partial charge in [0.2, 0.25) is 0 Å². The second kappa shape index (κ2) is 13.5. The minimum absolute atomic E-state index is 0.154. The van der Waals surface area contributed by atoms with Gasteiger partial charge in [-0.05, 0) is 126 Å². The van der Waals surface area contributed by atoms with Crippen LogP contribution in [0.4, 0.5) is 17.1 Å². The topological polar surface area (TPSA) is 3.24 Å². The highest BCUT2D eigenvalue weighted by Gasteiger charge is 2.53. The van der Waals surface area contributed by atoms with Gasteiger partial charge in [-0.1, -0.05) is 202 Å². The van der Waals surface area contributed by atoms with Gasteiger partial charge in [-0.3, -0.25) is 0 Å². The third kappa shape index (κ3) is 4.94. The third-order valence-electron chi connectivity index (χ3n) is 14.8. The number of allylic oxidation sites excluding steroid dienone is 4. The van der Waals surface area contributed by atoms with Crippen LogP contribution >= 0.6 is 0 Å². The van der Waals surface area contributed by atoms with Gasteiger partial charge in [0, 0.05) is 22.2 Å². The highest BCUT2D eigenvalue weighted by Crippen LogP contribution is 2.65. The number of anilines is 3. The summed E-state index contributed by atoms with van der Waals surface area (Å²) in [5.74, 6) is 0. The molecular weight excluding hydrogens is 759 g/mol. The van der Waals surface area contributed by atoms with Crippen LogP contribution in [0.5, 0.6) is 0 Å². The molecule has 0 atom stereocenters. The van der Waals surface area contributed by atoms with Gasteiger partial charge in [0.05, 0.1) is 16.8 Å². The summed E-state index contributed by atoms with van der Waals surface area (Å²) in [6.07, 6.45) is 6.91. The lowest BCUT2D eigenvalue weighted by Crippen LogP contribution is -2.27. The first-order valence-corrected chi connectivity index (χ1v) is 22.5. The molecule has 0 amide bonds. The summed E-state index contributed by atoms with van der Waals surface area (Å²) in [4.78, 5) is 2.57. The van der Waals surface area contributed by atoms with Gasteiger partial charge in [-0.25, -0.2) is 0 Å². The van der Waals surface area contributed by atoms with E-state index in [1.54, 1.807) is 0 Å². The summed E-state index contributed by atoms with van der Waals surface area (Å²) in [5, 5.41) is 2.47. The van der Waals surface area contributed by atoms with Crippen molar-refractivity contribution in [1.82, 2.24) is 0 Å². The average Bonchev–Trinajstić information content (AvgIpc) is 3.90. The second-order valence-corrected chi connectivity index (χ2v) is 18.2. The number of nitrogens with zero attached hydrogens (tertiary/aromatic N) is 1. The summed E-state index contributed by atoms with van der Waals surface area (Å²) in [6, 6.07) is 75.3. The highest BCUT2D eigenvalue weighted by atomic mass is 15.1. The molecule has 0 heterocycles. The molecule has 13 rings (SSSR count). The number of rotatable bonds is 5. The summed E-state index contributed by atoms with van der Waals surface area (Å²) >= 11 is 0. The smallest absolute Gasteiger partial charge is 0.0722 e. The molecule has 1 nitrogen and oxygen atoms in total.